The lowest BCUT2D eigenvalue weighted by molar-refractivity contribution is 0.0940. The van der Waals surface area contributed by atoms with Gasteiger partial charge in [0.15, 0.2) is 0 Å². The van der Waals surface area contributed by atoms with Crippen LogP contribution in [0.25, 0.3) is 0 Å². The van der Waals surface area contributed by atoms with Gasteiger partial charge in [-0.3, -0.25) is 4.90 Å². The Labute approximate surface area is 93.6 Å². The van der Waals surface area contributed by atoms with Crippen LogP contribution >= 0.6 is 0 Å². The van der Waals surface area contributed by atoms with E-state index in [4.69, 9.17) is 5.73 Å². The molecular weight excluding hydrogens is 186 g/mol. The van der Waals surface area contributed by atoms with Gasteiger partial charge in [0.05, 0.1) is 0 Å². The Hall–Kier alpha value is -0.120. The van der Waals surface area contributed by atoms with Gasteiger partial charge in [0.2, 0.25) is 0 Å². The summed E-state index contributed by atoms with van der Waals surface area (Å²) >= 11 is 0. The molecule has 2 N–H and O–H groups in total. The van der Waals surface area contributed by atoms with Gasteiger partial charge in [-0.15, -0.1) is 0 Å². The minimum atomic E-state index is 0.619. The molecule has 2 rings (SSSR count). The van der Waals surface area contributed by atoms with Crippen molar-refractivity contribution in [2.24, 2.45) is 11.7 Å². The second-order valence-electron chi connectivity index (χ2n) is 5.08. The van der Waals surface area contributed by atoms with Crippen LogP contribution in [-0.4, -0.2) is 55.1 Å². The zero-order valence-electron chi connectivity index (χ0n) is 9.99. The summed E-state index contributed by atoms with van der Waals surface area (Å²) in [6, 6.07) is 0.619. The Morgan fingerprint density at radius 1 is 1.20 bits per heavy atom. The molecule has 3 nitrogen and oxygen atoms in total. The van der Waals surface area contributed by atoms with E-state index in [-0.39, 0.29) is 0 Å². The predicted molar refractivity (Wildman–Crippen MR) is 63.9 cm³/mol. The lowest BCUT2D eigenvalue weighted by atomic mass is 10.1. The molecule has 1 unspecified atom stereocenters. The summed E-state index contributed by atoms with van der Waals surface area (Å²) < 4.78 is 0. The van der Waals surface area contributed by atoms with Gasteiger partial charge in [-0.1, -0.05) is 6.92 Å². The van der Waals surface area contributed by atoms with Gasteiger partial charge in [-0.2, -0.15) is 0 Å². The number of hydrogen-bond acceptors (Lipinski definition) is 3. The molecule has 0 aromatic carbocycles. The van der Waals surface area contributed by atoms with Crippen LogP contribution in [0.4, 0.5) is 0 Å². The number of nitrogens with two attached hydrogens (primary N) is 1. The zero-order valence-corrected chi connectivity index (χ0v) is 9.99. The molecule has 0 aromatic rings. The summed E-state index contributed by atoms with van der Waals surface area (Å²) in [5.41, 5.74) is 5.78. The second kappa shape index (κ2) is 5.28. The molecule has 1 aliphatic carbocycles. The summed E-state index contributed by atoms with van der Waals surface area (Å²) in [7, 11) is 0. The summed E-state index contributed by atoms with van der Waals surface area (Å²) in [5.74, 6) is 1.04. The zero-order chi connectivity index (χ0) is 10.7. The van der Waals surface area contributed by atoms with Crippen molar-refractivity contribution >= 4 is 0 Å². The highest BCUT2D eigenvalue weighted by atomic mass is 15.3. The molecule has 0 spiro atoms. The first-order valence-electron chi connectivity index (χ1n) is 6.50. The minimum absolute atomic E-state index is 0.619. The molecule has 15 heavy (non-hydrogen) atoms. The van der Waals surface area contributed by atoms with Gasteiger partial charge >= 0.3 is 0 Å². The summed E-state index contributed by atoms with van der Waals surface area (Å²) in [5, 5.41) is 0. The standard InChI is InChI=1S/C12H25N3/c1-2-12(9-13)15-7-5-14(6-8-15)10-11-3-4-11/h11-12H,2-10,13H2,1H3. The normalized spacial score (nSPS) is 26.8. The van der Waals surface area contributed by atoms with Gasteiger partial charge in [0.25, 0.3) is 0 Å². The van der Waals surface area contributed by atoms with E-state index < -0.39 is 0 Å². The number of piperazine rings is 1. The van der Waals surface area contributed by atoms with Gasteiger partial charge in [0.1, 0.15) is 0 Å². The molecule has 1 aliphatic heterocycles. The molecule has 0 bridgehead atoms. The topological polar surface area (TPSA) is 32.5 Å². The van der Waals surface area contributed by atoms with Gasteiger partial charge in [-0.25, -0.2) is 0 Å². The molecule has 0 amide bonds. The maximum absolute atomic E-state index is 5.78. The summed E-state index contributed by atoms with van der Waals surface area (Å²) in [6.45, 7) is 9.38. The lowest BCUT2D eigenvalue weighted by Crippen LogP contribution is -2.52. The van der Waals surface area contributed by atoms with Crippen molar-refractivity contribution < 1.29 is 0 Å². The van der Waals surface area contributed by atoms with Crippen molar-refractivity contribution in [2.45, 2.75) is 32.2 Å². The molecule has 1 saturated carbocycles. The van der Waals surface area contributed by atoms with Crippen LogP contribution in [-0.2, 0) is 0 Å². The molecule has 88 valence electrons. The second-order valence-corrected chi connectivity index (χ2v) is 5.08. The first-order valence-corrected chi connectivity index (χ1v) is 6.50. The maximum atomic E-state index is 5.78. The maximum Gasteiger partial charge on any atom is 0.0216 e. The highest BCUT2D eigenvalue weighted by molar-refractivity contribution is 4.82. The fourth-order valence-electron chi connectivity index (χ4n) is 2.55. The molecule has 1 saturated heterocycles. The first kappa shape index (κ1) is 11.4. The fourth-order valence-corrected chi connectivity index (χ4v) is 2.55. The Kier molecular flexibility index (Phi) is 4.00. The Morgan fingerprint density at radius 2 is 1.87 bits per heavy atom. The molecule has 3 heteroatoms. The van der Waals surface area contributed by atoms with E-state index in [1.165, 1.54) is 52.0 Å². The minimum Gasteiger partial charge on any atom is -0.329 e. The third-order valence-corrected chi connectivity index (χ3v) is 3.88. The molecule has 1 atom stereocenters. The highest BCUT2D eigenvalue weighted by Crippen LogP contribution is 2.29. The molecule has 0 radical (unpaired) electrons. The number of nitrogens with zero attached hydrogens (tertiary/aromatic N) is 2. The van der Waals surface area contributed by atoms with Crippen LogP contribution in [0, 0.1) is 5.92 Å². The molecule has 1 heterocycles. The Morgan fingerprint density at radius 3 is 2.33 bits per heavy atom. The van der Waals surface area contributed by atoms with Crippen LogP contribution in [0.2, 0.25) is 0 Å². The van der Waals surface area contributed by atoms with Crippen molar-refractivity contribution in [2.75, 3.05) is 39.3 Å². The quantitative estimate of drug-likeness (QED) is 0.728. The van der Waals surface area contributed by atoms with Crippen LogP contribution in [0.1, 0.15) is 26.2 Å². The lowest BCUT2D eigenvalue weighted by Gasteiger charge is -2.38. The first-order chi connectivity index (χ1) is 7.33. The third-order valence-electron chi connectivity index (χ3n) is 3.88. The molecule has 0 aromatic heterocycles. The average Bonchev–Trinajstić information content (AvgIpc) is 3.06. The van der Waals surface area contributed by atoms with Gasteiger partial charge in [0, 0.05) is 45.3 Å². The van der Waals surface area contributed by atoms with E-state index in [1.54, 1.807) is 0 Å². The van der Waals surface area contributed by atoms with Crippen LogP contribution < -0.4 is 5.73 Å². The van der Waals surface area contributed by atoms with E-state index in [1.807, 2.05) is 0 Å². The SMILES string of the molecule is CCC(CN)N1CCN(CC2CC2)CC1. The number of rotatable bonds is 5. The highest BCUT2D eigenvalue weighted by Gasteiger charge is 2.27. The average molecular weight is 211 g/mol. The van der Waals surface area contributed by atoms with Crippen LogP contribution in [0.15, 0.2) is 0 Å². The Balaban J connectivity index is 1.70. The van der Waals surface area contributed by atoms with E-state index in [2.05, 4.69) is 16.7 Å². The van der Waals surface area contributed by atoms with Crippen LogP contribution in [0.3, 0.4) is 0 Å². The van der Waals surface area contributed by atoms with Gasteiger partial charge < -0.3 is 10.6 Å². The van der Waals surface area contributed by atoms with E-state index in [9.17, 15) is 0 Å². The predicted octanol–water partition coefficient (Wildman–Crippen LogP) is 0.751. The van der Waals surface area contributed by atoms with Crippen molar-refractivity contribution in [3.05, 3.63) is 0 Å². The van der Waals surface area contributed by atoms with Gasteiger partial charge in [-0.05, 0) is 25.2 Å². The van der Waals surface area contributed by atoms with E-state index in [0.29, 0.717) is 6.04 Å². The summed E-state index contributed by atoms with van der Waals surface area (Å²) in [4.78, 5) is 5.21. The van der Waals surface area contributed by atoms with E-state index >= 15 is 0 Å². The largest absolute Gasteiger partial charge is 0.329 e. The van der Waals surface area contributed by atoms with Crippen molar-refractivity contribution in [3.8, 4) is 0 Å². The molecule has 2 aliphatic rings. The molecular formula is C12H25N3. The fraction of sp³-hybridized carbons (Fsp3) is 1.00. The van der Waals surface area contributed by atoms with Crippen LogP contribution in [0.5, 0.6) is 0 Å². The molecule has 2 fully saturated rings. The monoisotopic (exact) mass is 211 g/mol. The number of hydrogen-bond donors (Lipinski definition) is 1. The Bertz CT molecular complexity index is 179. The third kappa shape index (κ3) is 3.16. The smallest absolute Gasteiger partial charge is 0.0216 e. The van der Waals surface area contributed by atoms with Crippen molar-refractivity contribution in [1.29, 1.82) is 0 Å². The summed E-state index contributed by atoms with van der Waals surface area (Å²) in [6.07, 6.45) is 4.14. The van der Waals surface area contributed by atoms with E-state index in [0.717, 1.165) is 12.5 Å². The van der Waals surface area contributed by atoms with Crippen molar-refractivity contribution in [1.82, 2.24) is 9.80 Å². The van der Waals surface area contributed by atoms with Crippen molar-refractivity contribution in [3.63, 3.8) is 0 Å².